The normalized spacial score (nSPS) is 15.6. The highest BCUT2D eigenvalue weighted by Crippen LogP contribution is 2.25. The molecule has 28 heavy (non-hydrogen) atoms. The largest absolute Gasteiger partial charge is 0.386 e. The van der Waals surface area contributed by atoms with Crippen molar-refractivity contribution in [1.82, 2.24) is 35.4 Å². The molecule has 1 aliphatic rings. The number of nitrogens with zero attached hydrogens (tertiary/aromatic N) is 6. The number of aromatic amines is 1. The third kappa shape index (κ3) is 3.14. The van der Waals surface area contributed by atoms with E-state index in [0.29, 0.717) is 18.5 Å². The van der Waals surface area contributed by atoms with Crippen molar-refractivity contribution in [2.24, 2.45) is 0 Å². The molecule has 1 aromatic carbocycles. The minimum Gasteiger partial charge on any atom is -0.386 e. The lowest BCUT2D eigenvalue weighted by molar-refractivity contribution is -0.0427. The summed E-state index contributed by atoms with van der Waals surface area (Å²) in [4.78, 5) is 4.52. The number of nitrogens with one attached hydrogen (secondary N) is 1. The van der Waals surface area contributed by atoms with Crippen LogP contribution in [0.15, 0.2) is 42.7 Å². The maximum absolute atomic E-state index is 10.4. The Balaban J connectivity index is 1.37. The first-order valence-electron chi connectivity index (χ1n) is 9.25. The molecule has 9 heteroatoms. The first-order chi connectivity index (χ1) is 13.8. The Hall–Kier alpha value is -3.17. The van der Waals surface area contributed by atoms with Crippen LogP contribution in [0.2, 0.25) is 0 Å². The van der Waals surface area contributed by atoms with Crippen LogP contribution in [0.5, 0.6) is 0 Å². The van der Waals surface area contributed by atoms with Gasteiger partial charge < -0.3 is 9.84 Å². The lowest BCUT2D eigenvalue weighted by Gasteiger charge is -2.26. The molecule has 1 saturated carbocycles. The van der Waals surface area contributed by atoms with Gasteiger partial charge in [-0.1, -0.05) is 0 Å². The van der Waals surface area contributed by atoms with Crippen LogP contribution in [0.3, 0.4) is 0 Å². The molecule has 9 nitrogen and oxygen atoms in total. The van der Waals surface area contributed by atoms with E-state index >= 15 is 0 Å². The van der Waals surface area contributed by atoms with Gasteiger partial charge in [-0.2, -0.15) is 10.3 Å². The molecule has 5 rings (SSSR count). The van der Waals surface area contributed by atoms with Crippen LogP contribution in [0.1, 0.15) is 30.9 Å². The molecule has 3 heterocycles. The van der Waals surface area contributed by atoms with E-state index in [2.05, 4.69) is 30.7 Å². The zero-order valence-electron chi connectivity index (χ0n) is 15.1. The van der Waals surface area contributed by atoms with Gasteiger partial charge in [0.05, 0.1) is 24.6 Å². The number of pyridine rings is 1. The molecule has 1 fully saturated rings. The van der Waals surface area contributed by atoms with E-state index in [1.54, 1.807) is 17.1 Å². The van der Waals surface area contributed by atoms with Gasteiger partial charge in [0.1, 0.15) is 6.10 Å². The van der Waals surface area contributed by atoms with Crippen molar-refractivity contribution in [2.45, 2.75) is 31.5 Å². The molecule has 0 unspecified atom stereocenters. The number of ether oxygens (including phenoxy) is 1. The fourth-order valence-corrected chi connectivity index (χ4v) is 3.21. The Bertz CT molecular complexity index is 1070. The van der Waals surface area contributed by atoms with Crippen LogP contribution in [-0.4, -0.2) is 53.2 Å². The first-order valence-corrected chi connectivity index (χ1v) is 9.25. The summed E-state index contributed by atoms with van der Waals surface area (Å²) in [5.74, 6) is 0.540. The van der Waals surface area contributed by atoms with Gasteiger partial charge in [0.2, 0.25) is 5.82 Å². The Labute approximate surface area is 160 Å². The smallest absolute Gasteiger partial charge is 0.204 e. The minimum atomic E-state index is -0.685. The van der Waals surface area contributed by atoms with Gasteiger partial charge in [-0.3, -0.25) is 0 Å². The van der Waals surface area contributed by atoms with Crippen LogP contribution >= 0.6 is 0 Å². The molecule has 0 spiro atoms. The van der Waals surface area contributed by atoms with E-state index < -0.39 is 6.10 Å². The van der Waals surface area contributed by atoms with Crippen molar-refractivity contribution in [1.29, 1.82) is 0 Å². The van der Waals surface area contributed by atoms with Crippen LogP contribution in [-0.2, 0) is 4.74 Å². The fourth-order valence-electron chi connectivity index (χ4n) is 3.21. The van der Waals surface area contributed by atoms with Crippen molar-refractivity contribution in [3.8, 4) is 17.1 Å². The van der Waals surface area contributed by atoms with Gasteiger partial charge in [0.15, 0.2) is 5.65 Å². The summed E-state index contributed by atoms with van der Waals surface area (Å²) in [6.07, 6.45) is 6.43. The first kappa shape index (κ1) is 17.0. The fraction of sp³-hybridized carbons (Fsp3) is 0.316. The number of hydrogen-bond donors (Lipinski definition) is 2. The number of fused-ring (bicyclic) bond motifs is 1. The summed E-state index contributed by atoms with van der Waals surface area (Å²) in [6.45, 7) is 0.295. The standard InChI is InChI=1S/C19H19N7O2/c27-17(11-28-16-2-1-3-16)13-8-14-10-21-26(19(14)20-9-13)15-6-4-12(5-7-15)18-22-24-25-23-18/h4-10,16-17,27H,1-3,11H2,(H,22,23,24,25)/t17-/m0/s1. The Kier molecular flexibility index (Phi) is 4.30. The average Bonchev–Trinajstić information content (AvgIpc) is 3.36. The van der Waals surface area contributed by atoms with E-state index in [4.69, 9.17) is 4.74 Å². The van der Waals surface area contributed by atoms with Gasteiger partial charge >= 0.3 is 0 Å². The summed E-state index contributed by atoms with van der Waals surface area (Å²) in [5.41, 5.74) is 3.19. The maximum atomic E-state index is 10.4. The van der Waals surface area contributed by atoms with Crippen molar-refractivity contribution >= 4 is 11.0 Å². The van der Waals surface area contributed by atoms with E-state index in [-0.39, 0.29) is 0 Å². The Morgan fingerprint density at radius 3 is 2.79 bits per heavy atom. The third-order valence-electron chi connectivity index (χ3n) is 5.07. The predicted octanol–water partition coefficient (Wildman–Crippen LogP) is 2.20. The number of aliphatic hydroxyl groups excluding tert-OH is 1. The molecule has 0 aliphatic heterocycles. The molecule has 142 valence electrons. The molecule has 0 saturated heterocycles. The van der Waals surface area contributed by atoms with Gasteiger partial charge in [-0.25, -0.2) is 9.67 Å². The topological polar surface area (TPSA) is 115 Å². The van der Waals surface area contributed by atoms with Crippen LogP contribution in [0.25, 0.3) is 28.1 Å². The number of aromatic nitrogens is 7. The summed E-state index contributed by atoms with van der Waals surface area (Å²) in [5, 5.41) is 29.7. The SMILES string of the molecule is O[C@@H](COC1CCC1)c1cnc2c(cnn2-c2ccc(-c3nn[nH]n3)cc2)c1. The highest BCUT2D eigenvalue weighted by atomic mass is 16.5. The number of aliphatic hydroxyl groups is 1. The number of tetrazole rings is 1. The molecule has 2 N–H and O–H groups in total. The van der Waals surface area contributed by atoms with Crippen LogP contribution < -0.4 is 0 Å². The monoisotopic (exact) mass is 377 g/mol. The number of benzene rings is 1. The summed E-state index contributed by atoms with van der Waals surface area (Å²) in [6, 6.07) is 9.58. The molecular weight excluding hydrogens is 358 g/mol. The molecule has 3 aromatic heterocycles. The lowest BCUT2D eigenvalue weighted by atomic mass is 9.96. The zero-order valence-corrected chi connectivity index (χ0v) is 15.1. The molecule has 0 radical (unpaired) electrons. The minimum absolute atomic E-state index is 0.295. The summed E-state index contributed by atoms with van der Waals surface area (Å²) in [7, 11) is 0. The predicted molar refractivity (Wildman–Crippen MR) is 101 cm³/mol. The number of hydrogen-bond acceptors (Lipinski definition) is 7. The van der Waals surface area contributed by atoms with Crippen molar-refractivity contribution in [2.75, 3.05) is 6.61 Å². The Morgan fingerprint density at radius 1 is 1.21 bits per heavy atom. The average molecular weight is 377 g/mol. The molecule has 1 atom stereocenters. The van der Waals surface area contributed by atoms with Gasteiger partial charge in [0.25, 0.3) is 0 Å². The molecule has 4 aromatic rings. The molecular formula is C19H19N7O2. The lowest BCUT2D eigenvalue weighted by Crippen LogP contribution is -2.24. The Morgan fingerprint density at radius 2 is 2.07 bits per heavy atom. The number of H-pyrrole nitrogens is 1. The van der Waals surface area contributed by atoms with Gasteiger partial charge in [-0.05, 0) is 54.8 Å². The zero-order chi connectivity index (χ0) is 18.9. The van der Waals surface area contributed by atoms with Crippen molar-refractivity contribution in [3.05, 3.63) is 48.3 Å². The van der Waals surface area contributed by atoms with Crippen molar-refractivity contribution in [3.63, 3.8) is 0 Å². The summed E-state index contributed by atoms with van der Waals surface area (Å²) < 4.78 is 7.47. The second-order valence-corrected chi connectivity index (χ2v) is 6.92. The molecule has 0 amide bonds. The van der Waals surface area contributed by atoms with Gasteiger partial charge in [-0.15, -0.1) is 10.2 Å². The maximum Gasteiger partial charge on any atom is 0.204 e. The van der Waals surface area contributed by atoms with Crippen LogP contribution in [0.4, 0.5) is 0 Å². The van der Waals surface area contributed by atoms with E-state index in [9.17, 15) is 5.11 Å². The van der Waals surface area contributed by atoms with E-state index in [0.717, 1.165) is 40.7 Å². The number of rotatable bonds is 6. The van der Waals surface area contributed by atoms with E-state index in [1.807, 2.05) is 30.3 Å². The quantitative estimate of drug-likeness (QED) is 0.529. The second-order valence-electron chi connectivity index (χ2n) is 6.92. The van der Waals surface area contributed by atoms with Crippen molar-refractivity contribution < 1.29 is 9.84 Å². The highest BCUT2D eigenvalue weighted by Gasteiger charge is 2.20. The van der Waals surface area contributed by atoms with Crippen LogP contribution in [0, 0.1) is 0 Å². The molecule has 1 aliphatic carbocycles. The third-order valence-corrected chi connectivity index (χ3v) is 5.07. The van der Waals surface area contributed by atoms with Gasteiger partial charge in [0, 0.05) is 22.7 Å². The highest BCUT2D eigenvalue weighted by molar-refractivity contribution is 5.77. The van der Waals surface area contributed by atoms with E-state index in [1.165, 1.54) is 6.42 Å². The second kappa shape index (κ2) is 7.10. The summed E-state index contributed by atoms with van der Waals surface area (Å²) >= 11 is 0. The molecule has 0 bridgehead atoms.